The largest absolute Gasteiger partial charge is 0.508 e. The van der Waals surface area contributed by atoms with Crippen LogP contribution in [0, 0.1) is 5.92 Å². The van der Waals surface area contributed by atoms with Crippen LogP contribution in [0.4, 0.5) is 0 Å². The fraction of sp³-hybridized carbons (Fsp3) is 0.208. The summed E-state index contributed by atoms with van der Waals surface area (Å²) in [7, 11) is 0. The van der Waals surface area contributed by atoms with Gasteiger partial charge in [-0.3, -0.25) is 4.79 Å². The Morgan fingerprint density at radius 3 is 2.07 bits per heavy atom. The number of ether oxygens (including phenoxy) is 1. The van der Waals surface area contributed by atoms with Crippen molar-refractivity contribution in [3.63, 3.8) is 0 Å². The molecule has 1 N–H and O–H groups in total. The number of aromatic hydroxyl groups is 1. The Morgan fingerprint density at radius 2 is 1.50 bits per heavy atom. The maximum absolute atomic E-state index is 11.5. The van der Waals surface area contributed by atoms with Crippen LogP contribution in [0.5, 0.6) is 5.75 Å². The summed E-state index contributed by atoms with van der Waals surface area (Å²) < 4.78 is 6.46. The predicted molar refractivity (Wildman–Crippen MR) is 114 cm³/mol. The smallest absolute Gasteiger partial charge is 0.302 e. The van der Waals surface area contributed by atoms with E-state index in [0.29, 0.717) is 6.61 Å². The number of hydrogen-bond acceptors (Lipinski definition) is 3. The van der Waals surface area contributed by atoms with Gasteiger partial charge in [0.2, 0.25) is 0 Å². The number of rotatable bonds is 7. The highest BCUT2D eigenvalue weighted by molar-refractivity contribution is 9.10. The van der Waals surface area contributed by atoms with Gasteiger partial charge in [0.15, 0.2) is 0 Å². The molecule has 0 radical (unpaired) electrons. The lowest BCUT2D eigenvalue weighted by atomic mass is 9.78. The lowest BCUT2D eigenvalue weighted by Crippen LogP contribution is -2.23. The summed E-state index contributed by atoms with van der Waals surface area (Å²) in [6, 6.07) is 25.7. The third-order valence-corrected chi connectivity index (χ3v) is 5.32. The van der Waals surface area contributed by atoms with Gasteiger partial charge in [0.05, 0.1) is 6.61 Å². The maximum atomic E-state index is 11.5. The minimum Gasteiger partial charge on any atom is -0.508 e. The monoisotopic (exact) mass is 438 g/mol. The van der Waals surface area contributed by atoms with Crippen LogP contribution in [-0.4, -0.2) is 17.7 Å². The van der Waals surface area contributed by atoms with E-state index >= 15 is 0 Å². The Morgan fingerprint density at radius 1 is 0.929 bits per heavy atom. The molecule has 0 aliphatic heterocycles. The van der Waals surface area contributed by atoms with E-state index in [1.807, 2.05) is 42.5 Å². The summed E-state index contributed by atoms with van der Waals surface area (Å²) in [4.78, 5) is 11.5. The quantitative estimate of drug-likeness (QED) is 0.480. The number of esters is 1. The fourth-order valence-electron chi connectivity index (χ4n) is 3.50. The lowest BCUT2D eigenvalue weighted by molar-refractivity contribution is -0.142. The molecule has 4 heteroatoms. The minimum absolute atomic E-state index is 0.0215. The zero-order valence-electron chi connectivity index (χ0n) is 15.7. The van der Waals surface area contributed by atoms with Crippen molar-refractivity contribution in [1.29, 1.82) is 0 Å². The van der Waals surface area contributed by atoms with Gasteiger partial charge >= 0.3 is 5.97 Å². The summed E-state index contributed by atoms with van der Waals surface area (Å²) >= 11 is 3.50. The van der Waals surface area contributed by atoms with Gasteiger partial charge in [-0.1, -0.05) is 70.5 Å². The minimum atomic E-state index is -0.279. The molecule has 0 aromatic heterocycles. The van der Waals surface area contributed by atoms with Crippen LogP contribution in [0.2, 0.25) is 0 Å². The Balaban J connectivity index is 2.02. The molecule has 0 aliphatic rings. The van der Waals surface area contributed by atoms with Gasteiger partial charge in [0.25, 0.3) is 0 Å². The molecule has 3 rings (SSSR count). The van der Waals surface area contributed by atoms with Gasteiger partial charge in [-0.2, -0.15) is 0 Å². The summed E-state index contributed by atoms with van der Waals surface area (Å²) in [5.74, 6) is 0.0292. The third-order valence-electron chi connectivity index (χ3n) is 4.79. The van der Waals surface area contributed by atoms with E-state index in [-0.39, 0.29) is 23.6 Å². The fourth-order valence-corrected chi connectivity index (χ4v) is 3.77. The van der Waals surface area contributed by atoms with Gasteiger partial charge in [0, 0.05) is 23.2 Å². The topological polar surface area (TPSA) is 46.5 Å². The molecular weight excluding hydrogens is 416 g/mol. The highest BCUT2D eigenvalue weighted by atomic mass is 79.9. The molecule has 2 atom stereocenters. The molecule has 0 saturated heterocycles. The molecule has 0 saturated carbocycles. The van der Waals surface area contributed by atoms with Crippen LogP contribution >= 0.6 is 15.9 Å². The molecule has 0 spiro atoms. The number of benzene rings is 3. The molecule has 0 bridgehead atoms. The van der Waals surface area contributed by atoms with E-state index in [2.05, 4.69) is 40.2 Å². The van der Waals surface area contributed by atoms with Crippen molar-refractivity contribution in [1.82, 2.24) is 0 Å². The standard InChI is InChI=1S/C24H23BrO3/c1-17(26)28-16-21(15-18-5-3-2-4-6-18)24(19-7-11-22(25)12-8-19)20-9-13-23(27)14-10-20/h2-14,21,24,27H,15-16H2,1H3/t21-,24-/m0/s1. The average Bonchev–Trinajstić information content (AvgIpc) is 2.69. The van der Waals surface area contributed by atoms with Crippen molar-refractivity contribution in [2.45, 2.75) is 19.3 Å². The molecule has 144 valence electrons. The van der Waals surface area contributed by atoms with Gasteiger partial charge in [-0.25, -0.2) is 0 Å². The first kappa shape index (κ1) is 20.2. The molecule has 3 aromatic rings. The SMILES string of the molecule is CC(=O)OC[C@H](Cc1ccccc1)[C@H](c1ccc(O)cc1)c1ccc(Br)cc1. The van der Waals surface area contributed by atoms with Gasteiger partial charge in [-0.15, -0.1) is 0 Å². The predicted octanol–water partition coefficient (Wildman–Crippen LogP) is 5.71. The molecule has 0 amide bonds. The summed E-state index contributed by atoms with van der Waals surface area (Å²) in [6.07, 6.45) is 0.774. The molecule has 28 heavy (non-hydrogen) atoms. The number of phenols is 1. The van der Waals surface area contributed by atoms with Crippen LogP contribution in [0.25, 0.3) is 0 Å². The van der Waals surface area contributed by atoms with Crippen molar-refractivity contribution >= 4 is 21.9 Å². The second kappa shape index (κ2) is 9.56. The van der Waals surface area contributed by atoms with Gasteiger partial charge < -0.3 is 9.84 Å². The first-order valence-electron chi connectivity index (χ1n) is 9.24. The second-order valence-corrected chi connectivity index (χ2v) is 7.79. The van der Waals surface area contributed by atoms with Crippen LogP contribution < -0.4 is 0 Å². The number of carbonyl (C=O) groups excluding carboxylic acids is 1. The molecule has 0 unspecified atom stereocenters. The van der Waals surface area contributed by atoms with Crippen molar-refractivity contribution in [3.8, 4) is 5.75 Å². The zero-order chi connectivity index (χ0) is 19.9. The molecule has 3 nitrogen and oxygen atoms in total. The van der Waals surface area contributed by atoms with E-state index in [0.717, 1.165) is 22.0 Å². The number of phenolic OH excluding ortho intramolecular Hbond substituents is 1. The van der Waals surface area contributed by atoms with E-state index in [4.69, 9.17) is 4.74 Å². The highest BCUT2D eigenvalue weighted by Crippen LogP contribution is 2.36. The molecule has 0 heterocycles. The molecule has 0 fully saturated rings. The average molecular weight is 439 g/mol. The Kier molecular flexibility index (Phi) is 6.88. The summed E-state index contributed by atoms with van der Waals surface area (Å²) in [5, 5.41) is 9.72. The van der Waals surface area contributed by atoms with Crippen molar-refractivity contribution in [3.05, 3.63) is 100 Å². The van der Waals surface area contributed by atoms with Crippen LogP contribution in [-0.2, 0) is 16.0 Å². The zero-order valence-corrected chi connectivity index (χ0v) is 17.3. The van der Waals surface area contributed by atoms with E-state index < -0.39 is 0 Å². The van der Waals surface area contributed by atoms with E-state index in [1.54, 1.807) is 12.1 Å². The second-order valence-electron chi connectivity index (χ2n) is 6.87. The van der Waals surface area contributed by atoms with E-state index in [1.165, 1.54) is 12.5 Å². The lowest BCUT2D eigenvalue weighted by Gasteiger charge is -2.28. The molecular formula is C24H23BrO3. The van der Waals surface area contributed by atoms with Gasteiger partial charge in [0.1, 0.15) is 5.75 Å². The van der Waals surface area contributed by atoms with Crippen molar-refractivity contribution in [2.24, 2.45) is 5.92 Å². The normalized spacial score (nSPS) is 12.9. The number of hydrogen-bond donors (Lipinski definition) is 1. The molecule has 0 aliphatic carbocycles. The first-order valence-corrected chi connectivity index (χ1v) is 10.0. The summed E-state index contributed by atoms with van der Waals surface area (Å²) in [6.45, 7) is 1.76. The first-order chi connectivity index (χ1) is 13.5. The Hall–Kier alpha value is -2.59. The van der Waals surface area contributed by atoms with Crippen molar-refractivity contribution < 1.29 is 14.6 Å². The number of carbonyl (C=O) groups is 1. The van der Waals surface area contributed by atoms with Crippen LogP contribution in [0.1, 0.15) is 29.5 Å². The van der Waals surface area contributed by atoms with Crippen LogP contribution in [0.3, 0.4) is 0 Å². The summed E-state index contributed by atoms with van der Waals surface area (Å²) in [5.41, 5.74) is 3.41. The molecule has 3 aromatic carbocycles. The van der Waals surface area contributed by atoms with Gasteiger partial charge in [-0.05, 0) is 47.4 Å². The maximum Gasteiger partial charge on any atom is 0.302 e. The van der Waals surface area contributed by atoms with Crippen molar-refractivity contribution in [2.75, 3.05) is 6.61 Å². The Bertz CT molecular complexity index is 844. The van der Waals surface area contributed by atoms with E-state index in [9.17, 15) is 9.90 Å². The number of halogens is 1. The highest BCUT2D eigenvalue weighted by Gasteiger charge is 2.26. The van der Waals surface area contributed by atoms with Crippen LogP contribution in [0.15, 0.2) is 83.3 Å². The third kappa shape index (κ3) is 5.46. The Labute approximate surface area is 174 Å².